The minimum absolute atomic E-state index is 0.107. The highest BCUT2D eigenvalue weighted by Crippen LogP contribution is 2.35. The maximum atomic E-state index is 13.6. The van der Waals surface area contributed by atoms with Crippen LogP contribution in [0.2, 0.25) is 0 Å². The van der Waals surface area contributed by atoms with Crippen molar-refractivity contribution in [2.75, 3.05) is 0 Å². The highest BCUT2D eigenvalue weighted by Gasteiger charge is 2.33. The van der Waals surface area contributed by atoms with Gasteiger partial charge in [0.2, 0.25) is 5.91 Å². The van der Waals surface area contributed by atoms with E-state index in [-0.39, 0.29) is 5.91 Å². The molecule has 27 heavy (non-hydrogen) atoms. The molecule has 0 radical (unpaired) electrons. The Bertz CT molecular complexity index is 980. The Morgan fingerprint density at radius 1 is 0.852 bits per heavy atom. The molecule has 0 N–H and O–H groups in total. The van der Waals surface area contributed by atoms with Crippen LogP contribution in [0.5, 0.6) is 0 Å². The molecule has 0 saturated carbocycles. The molecule has 1 aliphatic heterocycles. The number of hydrogen-bond acceptors (Lipinski definition) is 2. The minimum Gasteiger partial charge on any atom is -0.297 e. The summed E-state index contributed by atoms with van der Waals surface area (Å²) in [5.74, 6) is -0.567. The van der Waals surface area contributed by atoms with Gasteiger partial charge in [-0.1, -0.05) is 84.9 Å². The summed E-state index contributed by atoms with van der Waals surface area (Å²) in [6.45, 7) is 0. The van der Waals surface area contributed by atoms with E-state index >= 15 is 0 Å². The van der Waals surface area contributed by atoms with E-state index in [0.29, 0.717) is 0 Å². The third-order valence-electron chi connectivity index (χ3n) is 4.87. The second-order valence-electron chi connectivity index (χ2n) is 6.48. The SMILES string of the molecule is N#CC1c2ccccc2C=CN1C(=O)C(c1ccccc1)c1ccccc1. The molecule has 0 spiro atoms. The first-order valence-electron chi connectivity index (χ1n) is 8.88. The molecule has 1 heterocycles. The van der Waals surface area contributed by atoms with Crippen molar-refractivity contribution in [3.05, 3.63) is 113 Å². The molecule has 3 aromatic carbocycles. The van der Waals surface area contributed by atoms with Gasteiger partial charge in [-0.25, -0.2) is 0 Å². The fourth-order valence-corrected chi connectivity index (χ4v) is 3.56. The van der Waals surface area contributed by atoms with E-state index in [1.165, 1.54) is 0 Å². The molecule has 3 aromatic rings. The van der Waals surface area contributed by atoms with E-state index in [1.54, 1.807) is 11.1 Å². The molecule has 3 heteroatoms. The van der Waals surface area contributed by atoms with Crippen LogP contribution in [0, 0.1) is 11.3 Å². The Balaban J connectivity index is 1.78. The molecular formula is C24H18N2O. The largest absolute Gasteiger partial charge is 0.297 e. The molecule has 1 amide bonds. The van der Waals surface area contributed by atoms with E-state index in [9.17, 15) is 10.1 Å². The molecule has 0 fully saturated rings. The van der Waals surface area contributed by atoms with Crippen molar-refractivity contribution in [3.8, 4) is 6.07 Å². The molecule has 1 unspecified atom stereocenters. The van der Waals surface area contributed by atoms with Crippen molar-refractivity contribution in [1.29, 1.82) is 5.26 Å². The number of carbonyl (C=O) groups is 1. The second kappa shape index (κ2) is 7.31. The Labute approximate surface area is 158 Å². The first-order chi connectivity index (χ1) is 13.3. The average molecular weight is 350 g/mol. The van der Waals surface area contributed by atoms with E-state index in [4.69, 9.17) is 0 Å². The summed E-state index contributed by atoms with van der Waals surface area (Å²) in [6.07, 6.45) is 3.63. The van der Waals surface area contributed by atoms with Crippen LogP contribution < -0.4 is 0 Å². The second-order valence-corrected chi connectivity index (χ2v) is 6.48. The number of rotatable bonds is 3. The predicted octanol–water partition coefficient (Wildman–Crippen LogP) is 4.90. The monoisotopic (exact) mass is 350 g/mol. The fourth-order valence-electron chi connectivity index (χ4n) is 3.56. The van der Waals surface area contributed by atoms with Crippen LogP contribution in [0.25, 0.3) is 6.08 Å². The van der Waals surface area contributed by atoms with Gasteiger partial charge in [-0.3, -0.25) is 9.69 Å². The van der Waals surface area contributed by atoms with Crippen LogP contribution >= 0.6 is 0 Å². The molecule has 1 aliphatic rings. The van der Waals surface area contributed by atoms with Gasteiger partial charge in [0, 0.05) is 6.20 Å². The highest BCUT2D eigenvalue weighted by molar-refractivity contribution is 5.90. The van der Waals surface area contributed by atoms with Crippen molar-refractivity contribution in [3.63, 3.8) is 0 Å². The fraction of sp³-hybridized carbons (Fsp3) is 0.0833. The molecule has 0 aliphatic carbocycles. The number of carbonyl (C=O) groups excluding carboxylic acids is 1. The first-order valence-corrected chi connectivity index (χ1v) is 8.88. The van der Waals surface area contributed by atoms with Crippen molar-refractivity contribution in [2.45, 2.75) is 12.0 Å². The first kappa shape index (κ1) is 16.8. The zero-order valence-electron chi connectivity index (χ0n) is 14.7. The van der Waals surface area contributed by atoms with Crippen LogP contribution in [-0.4, -0.2) is 10.8 Å². The van der Waals surface area contributed by atoms with Gasteiger partial charge >= 0.3 is 0 Å². The van der Waals surface area contributed by atoms with Crippen LogP contribution in [0.4, 0.5) is 0 Å². The number of benzene rings is 3. The van der Waals surface area contributed by atoms with Crippen LogP contribution in [0.15, 0.2) is 91.1 Å². The molecule has 3 nitrogen and oxygen atoms in total. The van der Waals surface area contributed by atoms with E-state index in [2.05, 4.69) is 6.07 Å². The van der Waals surface area contributed by atoms with Gasteiger partial charge in [-0.2, -0.15) is 5.26 Å². The summed E-state index contributed by atoms with van der Waals surface area (Å²) in [6, 6.07) is 28.8. The lowest BCUT2D eigenvalue weighted by molar-refractivity contribution is -0.130. The minimum atomic E-state index is -0.631. The van der Waals surface area contributed by atoms with Crippen molar-refractivity contribution >= 4 is 12.0 Å². The summed E-state index contributed by atoms with van der Waals surface area (Å²) in [5.41, 5.74) is 3.66. The lowest BCUT2D eigenvalue weighted by atomic mass is 9.88. The van der Waals surface area contributed by atoms with Crippen LogP contribution in [0.1, 0.15) is 34.2 Å². The van der Waals surface area contributed by atoms with Gasteiger partial charge in [-0.05, 0) is 28.3 Å². The number of nitrogens with zero attached hydrogens (tertiary/aromatic N) is 2. The van der Waals surface area contributed by atoms with Gasteiger partial charge in [0.1, 0.15) is 6.04 Å². The van der Waals surface area contributed by atoms with Crippen molar-refractivity contribution in [1.82, 2.24) is 4.90 Å². The number of hydrogen-bond donors (Lipinski definition) is 0. The molecule has 0 aromatic heterocycles. The zero-order valence-corrected chi connectivity index (χ0v) is 14.7. The Kier molecular flexibility index (Phi) is 4.55. The summed E-state index contributed by atoms with van der Waals surface area (Å²) >= 11 is 0. The lowest BCUT2D eigenvalue weighted by Gasteiger charge is -2.32. The van der Waals surface area contributed by atoms with Gasteiger partial charge in [0.25, 0.3) is 0 Å². The predicted molar refractivity (Wildman–Crippen MR) is 105 cm³/mol. The standard InChI is InChI=1S/C24H18N2O/c25-17-22-21-14-8-7-9-18(21)15-16-26(22)24(27)23(19-10-3-1-4-11-19)20-12-5-2-6-13-20/h1-16,22-23H. The smallest absolute Gasteiger partial charge is 0.239 e. The Morgan fingerprint density at radius 2 is 1.41 bits per heavy atom. The van der Waals surface area contributed by atoms with Crippen LogP contribution in [0.3, 0.4) is 0 Å². The lowest BCUT2D eigenvalue weighted by Crippen LogP contribution is -2.35. The molecule has 4 rings (SSSR count). The van der Waals surface area contributed by atoms with Gasteiger partial charge < -0.3 is 0 Å². The number of fused-ring (bicyclic) bond motifs is 1. The molecule has 1 atom stereocenters. The third kappa shape index (κ3) is 3.14. The Morgan fingerprint density at radius 3 is 2.00 bits per heavy atom. The summed E-state index contributed by atoms with van der Waals surface area (Å²) in [4.78, 5) is 15.2. The molecule has 0 saturated heterocycles. The van der Waals surface area contributed by atoms with Gasteiger partial charge in [0.05, 0.1) is 12.0 Å². The molecule has 130 valence electrons. The topological polar surface area (TPSA) is 44.1 Å². The molecular weight excluding hydrogens is 332 g/mol. The summed E-state index contributed by atoms with van der Waals surface area (Å²) in [7, 11) is 0. The quantitative estimate of drug-likeness (QED) is 0.674. The number of amides is 1. The van der Waals surface area contributed by atoms with Gasteiger partial charge in [-0.15, -0.1) is 0 Å². The number of nitriles is 1. The normalized spacial score (nSPS) is 15.3. The van der Waals surface area contributed by atoms with E-state index < -0.39 is 12.0 Å². The van der Waals surface area contributed by atoms with Gasteiger partial charge in [0.15, 0.2) is 0 Å². The zero-order chi connectivity index (χ0) is 18.6. The summed E-state index contributed by atoms with van der Waals surface area (Å²) in [5, 5.41) is 9.80. The molecule has 0 bridgehead atoms. The van der Waals surface area contributed by atoms with Crippen molar-refractivity contribution < 1.29 is 4.79 Å². The van der Waals surface area contributed by atoms with Crippen LogP contribution in [-0.2, 0) is 4.79 Å². The summed E-state index contributed by atoms with van der Waals surface area (Å²) < 4.78 is 0. The van der Waals surface area contributed by atoms with E-state index in [1.807, 2.05) is 91.0 Å². The third-order valence-corrected chi connectivity index (χ3v) is 4.87. The van der Waals surface area contributed by atoms with Crippen molar-refractivity contribution in [2.24, 2.45) is 0 Å². The average Bonchev–Trinajstić information content (AvgIpc) is 2.74. The Hall–Kier alpha value is -3.64. The highest BCUT2D eigenvalue weighted by atomic mass is 16.2. The maximum absolute atomic E-state index is 13.6. The van der Waals surface area contributed by atoms with E-state index in [0.717, 1.165) is 22.3 Å². The maximum Gasteiger partial charge on any atom is 0.239 e.